The van der Waals surface area contributed by atoms with E-state index in [1.54, 1.807) is 14.2 Å². The van der Waals surface area contributed by atoms with Crippen molar-refractivity contribution in [2.45, 2.75) is 70.4 Å². The zero-order valence-electron chi connectivity index (χ0n) is 14.7. The molecule has 0 aromatic rings. The van der Waals surface area contributed by atoms with Gasteiger partial charge in [0.25, 0.3) is 0 Å². The van der Waals surface area contributed by atoms with Crippen molar-refractivity contribution >= 4 is 0 Å². The third-order valence-corrected chi connectivity index (χ3v) is 3.91. The van der Waals surface area contributed by atoms with Crippen LogP contribution in [0.2, 0.25) is 0 Å². The summed E-state index contributed by atoms with van der Waals surface area (Å²) in [6.45, 7) is 7.23. The fourth-order valence-corrected chi connectivity index (χ4v) is 2.50. The molecule has 5 heteroatoms. The molecule has 0 bridgehead atoms. The van der Waals surface area contributed by atoms with E-state index in [2.05, 4.69) is 6.92 Å². The Morgan fingerprint density at radius 3 is 2.14 bits per heavy atom. The first-order chi connectivity index (χ1) is 10.7. The normalized spacial score (nSPS) is 28.6. The van der Waals surface area contributed by atoms with Crippen molar-refractivity contribution in [3.05, 3.63) is 0 Å². The van der Waals surface area contributed by atoms with Crippen molar-refractivity contribution in [2.24, 2.45) is 0 Å². The molecule has 4 unspecified atom stereocenters. The van der Waals surface area contributed by atoms with Crippen LogP contribution in [0.1, 0.15) is 46.0 Å². The molecule has 1 aliphatic heterocycles. The average molecular weight is 318 g/mol. The van der Waals surface area contributed by atoms with Crippen LogP contribution >= 0.6 is 0 Å². The van der Waals surface area contributed by atoms with Crippen molar-refractivity contribution in [1.82, 2.24) is 0 Å². The minimum atomic E-state index is 0.212. The van der Waals surface area contributed by atoms with Crippen molar-refractivity contribution in [3.8, 4) is 0 Å². The van der Waals surface area contributed by atoms with Gasteiger partial charge in [-0.2, -0.15) is 0 Å². The molecule has 0 amide bonds. The molecule has 0 N–H and O–H groups in total. The Morgan fingerprint density at radius 1 is 1.09 bits per heavy atom. The summed E-state index contributed by atoms with van der Waals surface area (Å²) < 4.78 is 26.3. The van der Waals surface area contributed by atoms with Gasteiger partial charge in [0.1, 0.15) is 6.10 Å². The smallest absolute Gasteiger partial charge is 0.104 e. The van der Waals surface area contributed by atoms with Crippen molar-refractivity contribution in [1.29, 1.82) is 0 Å². The van der Waals surface area contributed by atoms with Gasteiger partial charge in [-0.05, 0) is 26.2 Å². The quantitative estimate of drug-likeness (QED) is 0.612. The van der Waals surface area contributed by atoms with Gasteiger partial charge in [0.2, 0.25) is 0 Å². The molecule has 5 nitrogen and oxygen atoms in total. The molecule has 22 heavy (non-hydrogen) atoms. The second-order valence-electron chi connectivity index (χ2n) is 6.01. The highest BCUT2D eigenvalue weighted by Gasteiger charge is 2.24. The Bertz CT molecular complexity index is 245. The number of methoxy groups -OCH3 is 2. The lowest BCUT2D eigenvalue weighted by Gasteiger charge is -2.28. The fraction of sp³-hybridized carbons (Fsp3) is 1.00. The van der Waals surface area contributed by atoms with Crippen LogP contribution in [0.4, 0.5) is 0 Å². The maximum Gasteiger partial charge on any atom is 0.104 e. The van der Waals surface area contributed by atoms with Gasteiger partial charge in [-0.3, -0.25) is 0 Å². The summed E-state index contributed by atoms with van der Waals surface area (Å²) in [6, 6.07) is 0. The first-order valence-corrected chi connectivity index (χ1v) is 8.57. The third-order valence-electron chi connectivity index (χ3n) is 3.91. The minimum absolute atomic E-state index is 0.212. The molecule has 4 atom stereocenters. The van der Waals surface area contributed by atoms with Crippen LogP contribution in [0.3, 0.4) is 0 Å². The van der Waals surface area contributed by atoms with E-state index in [0.29, 0.717) is 24.9 Å². The van der Waals surface area contributed by atoms with Gasteiger partial charge in [-0.15, -0.1) is 0 Å². The van der Waals surface area contributed by atoms with Crippen LogP contribution < -0.4 is 0 Å². The van der Waals surface area contributed by atoms with Crippen LogP contribution in [0, 0.1) is 0 Å². The molecule has 0 aromatic carbocycles. The maximum absolute atomic E-state index is 5.43. The van der Waals surface area contributed by atoms with Gasteiger partial charge in [0, 0.05) is 20.8 Å². The van der Waals surface area contributed by atoms with Gasteiger partial charge in [-0.25, -0.2) is 0 Å². The van der Waals surface area contributed by atoms with E-state index in [0.717, 1.165) is 39.1 Å². The molecule has 2 fully saturated rings. The Balaban J connectivity index is 0.000000224. The number of hydrogen-bond donors (Lipinski definition) is 0. The lowest BCUT2D eigenvalue weighted by Crippen LogP contribution is -2.32. The van der Waals surface area contributed by atoms with Crippen LogP contribution in [-0.4, -0.2) is 65.1 Å². The van der Waals surface area contributed by atoms with Crippen LogP contribution in [0.5, 0.6) is 0 Å². The van der Waals surface area contributed by atoms with Crippen molar-refractivity contribution in [3.63, 3.8) is 0 Å². The second-order valence-corrected chi connectivity index (χ2v) is 6.01. The van der Waals surface area contributed by atoms with E-state index in [-0.39, 0.29) is 6.10 Å². The van der Waals surface area contributed by atoms with Crippen molar-refractivity contribution < 1.29 is 23.7 Å². The highest BCUT2D eigenvalue weighted by molar-refractivity contribution is 4.75. The van der Waals surface area contributed by atoms with E-state index in [1.165, 1.54) is 12.8 Å². The van der Waals surface area contributed by atoms with Crippen LogP contribution in [0.25, 0.3) is 0 Å². The Kier molecular flexibility index (Phi) is 11.1. The molecule has 0 aromatic heterocycles. The number of rotatable bonds is 9. The third kappa shape index (κ3) is 9.06. The van der Waals surface area contributed by atoms with Gasteiger partial charge in [0.05, 0.1) is 38.1 Å². The predicted molar refractivity (Wildman–Crippen MR) is 86.3 cm³/mol. The highest BCUT2D eigenvalue weighted by atomic mass is 16.6. The van der Waals surface area contributed by atoms with Crippen molar-refractivity contribution in [2.75, 3.05) is 40.6 Å². The van der Waals surface area contributed by atoms with Gasteiger partial charge in [0.15, 0.2) is 0 Å². The second kappa shape index (κ2) is 12.3. The van der Waals surface area contributed by atoms with E-state index in [1.807, 2.05) is 6.92 Å². The predicted octanol–water partition coefficient (Wildman–Crippen LogP) is 2.81. The molecule has 1 heterocycles. The van der Waals surface area contributed by atoms with Gasteiger partial charge < -0.3 is 23.7 Å². The van der Waals surface area contributed by atoms with E-state index < -0.39 is 0 Å². The number of hydrogen-bond acceptors (Lipinski definition) is 5. The number of epoxide rings is 1. The zero-order chi connectivity index (χ0) is 16.2. The summed E-state index contributed by atoms with van der Waals surface area (Å²) in [7, 11) is 3.53. The summed E-state index contributed by atoms with van der Waals surface area (Å²) in [6.07, 6.45) is 7.24. The molecule has 0 radical (unpaired) electrons. The summed E-state index contributed by atoms with van der Waals surface area (Å²) in [5, 5.41) is 0. The summed E-state index contributed by atoms with van der Waals surface area (Å²) >= 11 is 0. The lowest BCUT2D eigenvalue weighted by molar-refractivity contribution is -0.0577. The SMILES string of the molecule is CCCOC(C)COCC1CO1.COC1CCCCC1OC. The molecule has 1 saturated carbocycles. The molecular weight excluding hydrogens is 284 g/mol. The monoisotopic (exact) mass is 318 g/mol. The van der Waals surface area contributed by atoms with E-state index >= 15 is 0 Å². The van der Waals surface area contributed by atoms with Gasteiger partial charge in [-0.1, -0.05) is 19.8 Å². The van der Waals surface area contributed by atoms with E-state index in [4.69, 9.17) is 23.7 Å². The van der Waals surface area contributed by atoms with Crippen LogP contribution in [-0.2, 0) is 23.7 Å². The zero-order valence-corrected chi connectivity index (χ0v) is 14.7. The molecule has 2 rings (SSSR count). The fourth-order valence-electron chi connectivity index (χ4n) is 2.50. The summed E-state index contributed by atoms with van der Waals surface area (Å²) in [5.74, 6) is 0. The standard InChI is InChI=1S/C9H18O3.C8H16O2/c1-3-4-11-8(2)5-10-6-9-7-12-9;1-9-7-5-3-4-6-8(7)10-2/h8-9H,3-7H2,1-2H3;7-8H,3-6H2,1-2H3. The molecule has 132 valence electrons. The molecule has 1 saturated heterocycles. The van der Waals surface area contributed by atoms with Crippen LogP contribution in [0.15, 0.2) is 0 Å². The van der Waals surface area contributed by atoms with E-state index in [9.17, 15) is 0 Å². The van der Waals surface area contributed by atoms with Gasteiger partial charge >= 0.3 is 0 Å². The summed E-state index contributed by atoms with van der Waals surface area (Å²) in [4.78, 5) is 0. The molecule has 2 aliphatic rings. The number of ether oxygens (including phenoxy) is 5. The lowest BCUT2D eigenvalue weighted by atomic mass is 9.95. The Morgan fingerprint density at radius 2 is 1.68 bits per heavy atom. The minimum Gasteiger partial charge on any atom is -0.379 e. The molecular formula is C17H34O5. The Labute approximate surface area is 135 Å². The maximum atomic E-state index is 5.43. The molecule has 1 aliphatic carbocycles. The Hall–Kier alpha value is -0.200. The first kappa shape index (κ1) is 19.8. The average Bonchev–Trinajstić information content (AvgIpc) is 3.37. The first-order valence-electron chi connectivity index (χ1n) is 8.57. The molecule has 0 spiro atoms. The highest BCUT2D eigenvalue weighted by Crippen LogP contribution is 2.22. The largest absolute Gasteiger partial charge is 0.379 e. The topological polar surface area (TPSA) is 49.5 Å². The summed E-state index contributed by atoms with van der Waals surface area (Å²) in [5.41, 5.74) is 0.